The van der Waals surface area contributed by atoms with Gasteiger partial charge < -0.3 is 15.0 Å². The third-order valence-electron chi connectivity index (χ3n) is 6.90. The molecule has 3 aromatic rings. The second-order valence-electron chi connectivity index (χ2n) is 10.1. The number of anilines is 1. The molecule has 41 heavy (non-hydrogen) atoms. The van der Waals surface area contributed by atoms with Gasteiger partial charge in [-0.15, -0.1) is 0 Å². The smallest absolute Gasteiger partial charge is 0.264 e. The number of carbonyl (C=O) groups is 2. The highest BCUT2D eigenvalue weighted by atomic mass is 35.5. The van der Waals surface area contributed by atoms with Gasteiger partial charge in [-0.25, -0.2) is 8.42 Å². The zero-order valence-electron chi connectivity index (χ0n) is 24.3. The van der Waals surface area contributed by atoms with Crippen LogP contribution in [0.4, 0.5) is 5.69 Å². The zero-order chi connectivity index (χ0) is 30.3. The summed E-state index contributed by atoms with van der Waals surface area (Å²) in [6.45, 7) is 8.65. The van der Waals surface area contributed by atoms with E-state index in [4.69, 9.17) is 16.3 Å². The molecule has 0 aliphatic rings. The van der Waals surface area contributed by atoms with Gasteiger partial charge in [-0.2, -0.15) is 0 Å². The second kappa shape index (κ2) is 13.9. The van der Waals surface area contributed by atoms with E-state index in [1.807, 2.05) is 27.7 Å². The number of amides is 2. The van der Waals surface area contributed by atoms with E-state index in [-0.39, 0.29) is 29.1 Å². The second-order valence-corrected chi connectivity index (χ2v) is 12.4. The Labute approximate surface area is 248 Å². The maximum Gasteiger partial charge on any atom is 0.264 e. The summed E-state index contributed by atoms with van der Waals surface area (Å²) in [4.78, 5) is 28.7. The highest BCUT2D eigenvalue weighted by Crippen LogP contribution is 2.34. The van der Waals surface area contributed by atoms with E-state index in [1.54, 1.807) is 61.5 Å². The number of nitrogens with zero attached hydrogens (tertiary/aromatic N) is 2. The first-order chi connectivity index (χ1) is 19.4. The van der Waals surface area contributed by atoms with Crippen molar-refractivity contribution < 1.29 is 22.7 Å². The molecule has 0 aliphatic heterocycles. The molecule has 0 saturated carbocycles. The van der Waals surface area contributed by atoms with E-state index < -0.39 is 28.5 Å². The predicted octanol–water partition coefficient (Wildman–Crippen LogP) is 5.49. The van der Waals surface area contributed by atoms with E-state index in [1.165, 1.54) is 24.1 Å². The highest BCUT2D eigenvalue weighted by Gasteiger charge is 2.34. The average Bonchev–Trinajstić information content (AvgIpc) is 2.94. The molecule has 3 aromatic carbocycles. The van der Waals surface area contributed by atoms with Crippen LogP contribution in [0.15, 0.2) is 71.6 Å². The number of hydrogen-bond acceptors (Lipinski definition) is 5. The van der Waals surface area contributed by atoms with Gasteiger partial charge in [0.1, 0.15) is 18.3 Å². The van der Waals surface area contributed by atoms with Crippen molar-refractivity contribution in [2.45, 2.75) is 64.6 Å². The van der Waals surface area contributed by atoms with Crippen molar-refractivity contribution in [3.63, 3.8) is 0 Å². The van der Waals surface area contributed by atoms with Crippen LogP contribution in [0, 0.1) is 13.8 Å². The number of carbonyl (C=O) groups excluding carboxylic acids is 2. The Morgan fingerprint density at radius 3 is 2.24 bits per heavy atom. The van der Waals surface area contributed by atoms with E-state index in [9.17, 15) is 18.0 Å². The Hall–Kier alpha value is -3.56. The number of methoxy groups -OCH3 is 1. The lowest BCUT2D eigenvalue weighted by atomic mass is 10.1. The summed E-state index contributed by atoms with van der Waals surface area (Å²) in [5.74, 6) is -0.602. The van der Waals surface area contributed by atoms with Crippen molar-refractivity contribution in [3.05, 3.63) is 88.4 Å². The summed E-state index contributed by atoms with van der Waals surface area (Å²) < 4.78 is 34.7. The number of rotatable bonds is 12. The lowest BCUT2D eigenvalue weighted by Gasteiger charge is -2.33. The quantitative estimate of drug-likeness (QED) is 0.297. The number of hydrogen-bond donors (Lipinski definition) is 1. The lowest BCUT2D eigenvalue weighted by molar-refractivity contribution is -0.139. The number of halogens is 1. The molecule has 0 heterocycles. The topological polar surface area (TPSA) is 96.0 Å². The molecule has 0 unspecified atom stereocenters. The van der Waals surface area contributed by atoms with Crippen LogP contribution in [-0.4, -0.2) is 50.9 Å². The number of ether oxygens (including phenoxy) is 1. The molecule has 0 fully saturated rings. The van der Waals surface area contributed by atoms with Crippen LogP contribution < -0.4 is 14.4 Å². The average molecular weight is 600 g/mol. The lowest BCUT2D eigenvalue weighted by Crippen LogP contribution is -2.52. The normalized spacial score (nSPS) is 12.8. The maximum absolute atomic E-state index is 14.1. The molecule has 2 amide bonds. The zero-order valence-corrected chi connectivity index (χ0v) is 25.9. The van der Waals surface area contributed by atoms with Crippen molar-refractivity contribution in [3.8, 4) is 5.75 Å². The minimum Gasteiger partial charge on any atom is -0.495 e. The standard InChI is InChI=1S/C31H38ClN3O5S/c1-7-23(4)33-31(37)24(5)34(19-25-9-8-10-26(32)18-25)30(36)20-35(28-17-22(3)13-16-29(28)40-6)41(38,39)27-14-11-21(2)12-15-27/h8-18,23-24H,7,19-20H2,1-6H3,(H,33,37)/t23-,24+/m0/s1. The number of benzene rings is 3. The van der Waals surface area contributed by atoms with Crippen LogP contribution >= 0.6 is 11.6 Å². The van der Waals surface area contributed by atoms with Gasteiger partial charge in [0, 0.05) is 17.6 Å². The van der Waals surface area contributed by atoms with Gasteiger partial charge in [-0.05, 0) is 81.6 Å². The Morgan fingerprint density at radius 1 is 0.976 bits per heavy atom. The molecular weight excluding hydrogens is 562 g/mol. The molecule has 220 valence electrons. The van der Waals surface area contributed by atoms with Crippen LogP contribution in [0.2, 0.25) is 5.02 Å². The van der Waals surface area contributed by atoms with Gasteiger partial charge in [0.2, 0.25) is 11.8 Å². The maximum atomic E-state index is 14.1. The molecule has 2 atom stereocenters. The van der Waals surface area contributed by atoms with Gasteiger partial charge >= 0.3 is 0 Å². The number of sulfonamides is 1. The highest BCUT2D eigenvalue weighted by molar-refractivity contribution is 7.92. The monoisotopic (exact) mass is 599 g/mol. The molecule has 0 aromatic heterocycles. The molecule has 3 rings (SSSR count). The summed E-state index contributed by atoms with van der Waals surface area (Å²) in [7, 11) is -2.77. The summed E-state index contributed by atoms with van der Waals surface area (Å²) >= 11 is 6.20. The van der Waals surface area contributed by atoms with Gasteiger partial charge in [0.05, 0.1) is 17.7 Å². The van der Waals surface area contributed by atoms with Crippen LogP contribution in [0.25, 0.3) is 0 Å². The Bertz CT molecular complexity index is 1480. The first-order valence-electron chi connectivity index (χ1n) is 13.5. The van der Waals surface area contributed by atoms with Gasteiger partial charge in [0.25, 0.3) is 10.0 Å². The van der Waals surface area contributed by atoms with E-state index in [0.717, 1.165) is 21.9 Å². The van der Waals surface area contributed by atoms with Crippen LogP contribution in [0.3, 0.4) is 0 Å². The van der Waals surface area contributed by atoms with E-state index in [0.29, 0.717) is 16.3 Å². The molecule has 0 saturated heterocycles. The molecule has 0 bridgehead atoms. The molecule has 0 aliphatic carbocycles. The molecule has 8 nitrogen and oxygen atoms in total. The summed E-state index contributed by atoms with van der Waals surface area (Å²) in [5.41, 5.74) is 2.61. The van der Waals surface area contributed by atoms with Crippen molar-refractivity contribution in [1.82, 2.24) is 10.2 Å². The van der Waals surface area contributed by atoms with E-state index >= 15 is 0 Å². The minimum atomic E-state index is -4.21. The van der Waals surface area contributed by atoms with Crippen molar-refractivity contribution in [2.75, 3.05) is 18.0 Å². The molecule has 0 radical (unpaired) electrons. The van der Waals surface area contributed by atoms with Crippen LogP contribution in [-0.2, 0) is 26.2 Å². The molecule has 0 spiro atoms. The largest absolute Gasteiger partial charge is 0.495 e. The van der Waals surface area contributed by atoms with Gasteiger partial charge in [-0.3, -0.25) is 13.9 Å². The van der Waals surface area contributed by atoms with Crippen molar-refractivity contribution >= 4 is 39.1 Å². The summed E-state index contributed by atoms with van der Waals surface area (Å²) in [6.07, 6.45) is 0.719. The first-order valence-corrected chi connectivity index (χ1v) is 15.3. The third kappa shape index (κ3) is 8.01. The predicted molar refractivity (Wildman–Crippen MR) is 163 cm³/mol. The Morgan fingerprint density at radius 2 is 1.63 bits per heavy atom. The molecule has 1 N–H and O–H groups in total. The SMILES string of the molecule is CC[C@H](C)NC(=O)[C@@H](C)N(Cc1cccc(Cl)c1)C(=O)CN(c1cc(C)ccc1OC)S(=O)(=O)c1ccc(C)cc1. The fraction of sp³-hybridized carbons (Fsp3) is 0.355. The molecular formula is C31H38ClN3O5S. The summed E-state index contributed by atoms with van der Waals surface area (Å²) in [6, 6.07) is 17.6. The molecule has 10 heteroatoms. The summed E-state index contributed by atoms with van der Waals surface area (Å²) in [5, 5.41) is 3.41. The third-order valence-corrected chi connectivity index (χ3v) is 8.91. The van der Waals surface area contributed by atoms with Gasteiger partial charge in [-0.1, -0.05) is 54.4 Å². The van der Waals surface area contributed by atoms with E-state index in [2.05, 4.69) is 5.32 Å². The minimum absolute atomic E-state index is 0.0309. The van der Waals surface area contributed by atoms with Crippen molar-refractivity contribution in [2.24, 2.45) is 0 Å². The van der Waals surface area contributed by atoms with Crippen molar-refractivity contribution in [1.29, 1.82) is 0 Å². The Balaban J connectivity index is 2.10. The van der Waals surface area contributed by atoms with Crippen LogP contribution in [0.5, 0.6) is 5.75 Å². The number of aryl methyl sites for hydroxylation is 2. The van der Waals surface area contributed by atoms with Gasteiger partial charge in [0.15, 0.2) is 0 Å². The van der Waals surface area contributed by atoms with Crippen LogP contribution in [0.1, 0.15) is 43.9 Å². The fourth-order valence-electron chi connectivity index (χ4n) is 4.23. The fourth-order valence-corrected chi connectivity index (χ4v) is 5.86. The number of nitrogens with one attached hydrogen (secondary N) is 1. The Kier molecular flexibility index (Phi) is 10.8. The first kappa shape index (κ1) is 32.0.